The molecule has 2 aromatic heterocycles. The Morgan fingerprint density at radius 3 is 2.83 bits per heavy atom. The summed E-state index contributed by atoms with van der Waals surface area (Å²) in [6.45, 7) is 4.53. The van der Waals surface area contributed by atoms with Gasteiger partial charge in [-0.3, -0.25) is 19.1 Å². The molecule has 2 bridgehead atoms. The summed E-state index contributed by atoms with van der Waals surface area (Å²) in [6.07, 6.45) is 2.92. The Labute approximate surface area is 175 Å². The molecule has 8 nitrogen and oxygen atoms in total. The zero-order chi connectivity index (χ0) is 21.0. The number of likely N-dealkylation sites (tertiary alicyclic amines) is 1. The molecular formula is C22H27N5O3. The van der Waals surface area contributed by atoms with E-state index in [0.29, 0.717) is 37.6 Å². The molecule has 30 heavy (non-hydrogen) atoms. The number of hydrogen-bond donors (Lipinski definition) is 0. The Kier molecular flexibility index (Phi) is 4.52. The number of aromatic nitrogens is 3. The summed E-state index contributed by atoms with van der Waals surface area (Å²) in [4.78, 5) is 41.9. The number of amides is 2. The number of hydrogen-bond acceptors (Lipinski definition) is 4. The topological polar surface area (TPSA) is 80.4 Å². The smallest absolute Gasteiger partial charge is 0.274 e. The summed E-state index contributed by atoms with van der Waals surface area (Å²) in [5, 5.41) is 4.44. The van der Waals surface area contributed by atoms with Crippen molar-refractivity contribution in [1.82, 2.24) is 24.1 Å². The van der Waals surface area contributed by atoms with Gasteiger partial charge in [0.25, 0.3) is 17.4 Å². The van der Waals surface area contributed by atoms with Crippen molar-refractivity contribution in [2.24, 2.45) is 5.92 Å². The monoisotopic (exact) mass is 409 g/mol. The maximum absolute atomic E-state index is 13.3. The van der Waals surface area contributed by atoms with Gasteiger partial charge in [-0.15, -0.1) is 0 Å². The molecule has 5 rings (SSSR count). The van der Waals surface area contributed by atoms with E-state index in [1.54, 1.807) is 28.8 Å². The predicted molar refractivity (Wildman–Crippen MR) is 111 cm³/mol. The summed E-state index contributed by atoms with van der Waals surface area (Å²) in [5.41, 5.74) is 1.91. The molecule has 2 amide bonds. The van der Waals surface area contributed by atoms with E-state index in [4.69, 9.17) is 0 Å². The summed E-state index contributed by atoms with van der Waals surface area (Å²) in [6, 6.07) is 7.25. The van der Waals surface area contributed by atoms with Gasteiger partial charge in [-0.25, -0.2) is 0 Å². The van der Waals surface area contributed by atoms with Gasteiger partial charge in [-0.05, 0) is 24.8 Å². The van der Waals surface area contributed by atoms with E-state index in [9.17, 15) is 14.4 Å². The van der Waals surface area contributed by atoms with Gasteiger partial charge in [-0.1, -0.05) is 19.4 Å². The fourth-order valence-electron chi connectivity index (χ4n) is 5.44. The van der Waals surface area contributed by atoms with Gasteiger partial charge in [0.1, 0.15) is 5.69 Å². The molecule has 3 aliphatic rings. The lowest BCUT2D eigenvalue weighted by Gasteiger charge is -2.47. The third kappa shape index (κ3) is 2.88. The molecule has 0 unspecified atom stereocenters. The van der Waals surface area contributed by atoms with Gasteiger partial charge >= 0.3 is 0 Å². The van der Waals surface area contributed by atoms with E-state index in [0.717, 1.165) is 25.0 Å². The number of rotatable bonds is 3. The van der Waals surface area contributed by atoms with Crippen LogP contribution in [0.2, 0.25) is 0 Å². The van der Waals surface area contributed by atoms with Crippen LogP contribution < -0.4 is 5.56 Å². The van der Waals surface area contributed by atoms with Gasteiger partial charge in [-0.2, -0.15) is 5.10 Å². The predicted octanol–water partition coefficient (Wildman–Crippen LogP) is 1.73. The van der Waals surface area contributed by atoms with Crippen LogP contribution in [-0.4, -0.2) is 62.6 Å². The fraction of sp³-hybridized carbons (Fsp3) is 0.545. The highest BCUT2D eigenvalue weighted by Gasteiger charge is 2.42. The average molecular weight is 409 g/mol. The third-order valence-electron chi connectivity index (χ3n) is 6.88. The Morgan fingerprint density at radius 2 is 2.03 bits per heavy atom. The summed E-state index contributed by atoms with van der Waals surface area (Å²) >= 11 is 0. The molecule has 158 valence electrons. The zero-order valence-electron chi connectivity index (χ0n) is 17.5. The molecule has 0 N–H and O–H groups in total. The van der Waals surface area contributed by atoms with E-state index in [-0.39, 0.29) is 35.3 Å². The lowest BCUT2D eigenvalue weighted by molar-refractivity contribution is 0.0512. The lowest BCUT2D eigenvalue weighted by atomic mass is 9.77. The standard InChI is InChI=1S/C22H27N5O3/c1-3-5-17-14-10-15(18-6-4-7-20(28)27(17)18)13-25(12-14)21(29)16-11-19-22(30)24(2)8-9-26(19)23-16/h4,6-7,11,14-15,17H,3,5,8-10,12-13H2,1-2H3/t14-,15+,17-/m0/s1. The Balaban J connectivity index is 1.46. The van der Waals surface area contributed by atoms with Crippen molar-refractivity contribution >= 4 is 11.8 Å². The fourth-order valence-corrected chi connectivity index (χ4v) is 5.44. The first-order chi connectivity index (χ1) is 14.5. The van der Waals surface area contributed by atoms with Crippen LogP contribution in [0.3, 0.4) is 0 Å². The highest BCUT2D eigenvalue weighted by atomic mass is 16.2. The molecule has 0 radical (unpaired) electrons. The Bertz CT molecular complexity index is 1070. The second-order valence-electron chi connectivity index (χ2n) is 8.78. The molecule has 3 atom stereocenters. The summed E-state index contributed by atoms with van der Waals surface area (Å²) in [5.74, 6) is 0.189. The van der Waals surface area contributed by atoms with Crippen molar-refractivity contribution < 1.29 is 9.59 Å². The zero-order valence-corrected chi connectivity index (χ0v) is 17.5. The van der Waals surface area contributed by atoms with Crippen LogP contribution in [0.1, 0.15) is 64.8 Å². The first-order valence-corrected chi connectivity index (χ1v) is 10.8. The summed E-state index contributed by atoms with van der Waals surface area (Å²) in [7, 11) is 1.76. The van der Waals surface area contributed by atoms with Crippen LogP contribution in [0.25, 0.3) is 0 Å². The largest absolute Gasteiger partial charge is 0.339 e. The maximum Gasteiger partial charge on any atom is 0.274 e. The second kappa shape index (κ2) is 7.11. The number of pyridine rings is 1. The third-order valence-corrected chi connectivity index (χ3v) is 6.88. The van der Waals surface area contributed by atoms with Gasteiger partial charge in [0.05, 0.1) is 6.54 Å². The molecular weight excluding hydrogens is 382 g/mol. The van der Waals surface area contributed by atoms with E-state index >= 15 is 0 Å². The molecule has 0 saturated carbocycles. The van der Waals surface area contributed by atoms with Crippen LogP contribution >= 0.6 is 0 Å². The normalized spacial score (nSPS) is 25.1. The van der Waals surface area contributed by atoms with Crippen LogP contribution in [0.15, 0.2) is 29.1 Å². The van der Waals surface area contributed by atoms with Crippen molar-refractivity contribution in [3.63, 3.8) is 0 Å². The van der Waals surface area contributed by atoms with Crippen LogP contribution in [0, 0.1) is 5.92 Å². The second-order valence-corrected chi connectivity index (χ2v) is 8.78. The minimum absolute atomic E-state index is 0.0600. The first kappa shape index (κ1) is 19.1. The minimum atomic E-state index is -0.121. The minimum Gasteiger partial charge on any atom is -0.339 e. The Hall–Kier alpha value is -2.90. The quantitative estimate of drug-likeness (QED) is 0.773. The van der Waals surface area contributed by atoms with Crippen LogP contribution in [-0.2, 0) is 6.54 Å². The lowest BCUT2D eigenvalue weighted by Crippen LogP contribution is -2.51. The molecule has 3 aliphatic heterocycles. The SMILES string of the molecule is CCC[C@H]1[C@H]2C[C@H](CN(C(=O)c3cc4n(n3)CCN(C)C4=O)C2)c2cccc(=O)n21. The number of nitrogens with zero attached hydrogens (tertiary/aromatic N) is 5. The number of carbonyl (C=O) groups excluding carboxylic acids is 2. The van der Waals surface area contributed by atoms with Crippen molar-refractivity contribution in [3.8, 4) is 0 Å². The molecule has 1 saturated heterocycles. The van der Waals surface area contributed by atoms with E-state index in [2.05, 4.69) is 12.0 Å². The number of fused-ring (bicyclic) bond motifs is 5. The van der Waals surface area contributed by atoms with Gasteiger partial charge < -0.3 is 14.4 Å². The van der Waals surface area contributed by atoms with Crippen molar-refractivity contribution in [2.75, 3.05) is 26.7 Å². The van der Waals surface area contributed by atoms with Gasteiger partial charge in [0.15, 0.2) is 5.69 Å². The van der Waals surface area contributed by atoms with Gasteiger partial charge in [0, 0.05) is 56.5 Å². The Morgan fingerprint density at radius 1 is 1.20 bits per heavy atom. The van der Waals surface area contributed by atoms with Gasteiger partial charge in [0.2, 0.25) is 0 Å². The maximum atomic E-state index is 13.3. The molecule has 0 spiro atoms. The molecule has 5 heterocycles. The highest BCUT2D eigenvalue weighted by Crippen LogP contribution is 2.43. The summed E-state index contributed by atoms with van der Waals surface area (Å²) < 4.78 is 3.63. The average Bonchev–Trinajstić information content (AvgIpc) is 3.18. The van der Waals surface area contributed by atoms with E-state index in [1.165, 1.54) is 0 Å². The highest BCUT2D eigenvalue weighted by molar-refractivity contribution is 5.98. The molecule has 1 fully saturated rings. The first-order valence-electron chi connectivity index (χ1n) is 10.8. The molecule has 2 aromatic rings. The number of carbonyl (C=O) groups is 2. The van der Waals surface area contributed by atoms with Crippen molar-refractivity contribution in [2.45, 2.75) is 44.7 Å². The number of likely N-dealkylation sites (N-methyl/N-ethyl adjacent to an activating group) is 1. The van der Waals surface area contributed by atoms with Crippen molar-refractivity contribution in [3.05, 3.63) is 51.7 Å². The molecule has 8 heteroatoms. The van der Waals surface area contributed by atoms with E-state index in [1.807, 2.05) is 21.6 Å². The van der Waals surface area contributed by atoms with Crippen LogP contribution in [0.5, 0.6) is 0 Å². The van der Waals surface area contributed by atoms with Crippen molar-refractivity contribution in [1.29, 1.82) is 0 Å². The molecule has 0 aromatic carbocycles. The number of piperidine rings is 1. The van der Waals surface area contributed by atoms with E-state index < -0.39 is 0 Å². The molecule has 0 aliphatic carbocycles. The van der Waals surface area contributed by atoms with Crippen LogP contribution in [0.4, 0.5) is 0 Å².